The lowest BCUT2D eigenvalue weighted by Crippen LogP contribution is -2.66. The van der Waals surface area contributed by atoms with Crippen molar-refractivity contribution in [3.05, 3.63) is 59.7 Å². The summed E-state index contributed by atoms with van der Waals surface area (Å²) < 4.78 is 5.63. The number of piperazine rings is 1. The van der Waals surface area contributed by atoms with Crippen LogP contribution in [0.5, 0.6) is 0 Å². The van der Waals surface area contributed by atoms with Crippen LogP contribution in [0.15, 0.2) is 48.5 Å². The number of fused-ring (bicyclic) bond motifs is 3. The van der Waals surface area contributed by atoms with Crippen LogP contribution >= 0.6 is 0 Å². The highest BCUT2D eigenvalue weighted by atomic mass is 16.5. The van der Waals surface area contributed by atoms with Gasteiger partial charge in [0.05, 0.1) is 6.54 Å². The molecule has 2 N–H and O–H groups in total. The summed E-state index contributed by atoms with van der Waals surface area (Å²) in [7, 11) is 0. The van der Waals surface area contributed by atoms with E-state index in [0.717, 1.165) is 28.7 Å². The van der Waals surface area contributed by atoms with Crippen molar-refractivity contribution in [2.75, 3.05) is 32.8 Å². The zero-order valence-electron chi connectivity index (χ0n) is 19.2. The van der Waals surface area contributed by atoms with E-state index in [9.17, 15) is 19.2 Å². The minimum Gasteiger partial charge on any atom is -0.480 e. The van der Waals surface area contributed by atoms with E-state index < -0.39 is 23.5 Å². The number of carbonyl (C=O) groups is 4. The fraction of sp³-hybridized carbons (Fsp3) is 0.385. The molecule has 2 aromatic rings. The van der Waals surface area contributed by atoms with Crippen LogP contribution in [0.3, 0.4) is 0 Å². The largest absolute Gasteiger partial charge is 0.480 e. The SMILES string of the molecule is O=C(O)CN1CCN(C(=O)C2(NC(=O)OCC3c4ccccc4-c4ccccc43)CCC2)CC1=O. The number of hydrogen-bond donors (Lipinski definition) is 2. The van der Waals surface area contributed by atoms with Crippen LogP contribution in [-0.2, 0) is 19.1 Å². The molecule has 35 heavy (non-hydrogen) atoms. The minimum atomic E-state index is -1.09. The molecule has 0 atom stereocenters. The molecule has 5 rings (SSSR count). The van der Waals surface area contributed by atoms with E-state index in [-0.39, 0.29) is 44.6 Å². The van der Waals surface area contributed by atoms with E-state index in [1.54, 1.807) is 0 Å². The summed E-state index contributed by atoms with van der Waals surface area (Å²) in [4.78, 5) is 51.9. The molecule has 2 fully saturated rings. The van der Waals surface area contributed by atoms with E-state index in [2.05, 4.69) is 17.4 Å². The smallest absolute Gasteiger partial charge is 0.408 e. The Labute approximate surface area is 202 Å². The van der Waals surface area contributed by atoms with E-state index >= 15 is 0 Å². The number of carboxylic acid groups (broad SMARTS) is 1. The van der Waals surface area contributed by atoms with Crippen molar-refractivity contribution in [3.63, 3.8) is 0 Å². The lowest BCUT2D eigenvalue weighted by molar-refractivity contribution is -0.154. The van der Waals surface area contributed by atoms with Gasteiger partial charge in [-0.25, -0.2) is 4.79 Å². The third-order valence-corrected chi connectivity index (χ3v) is 7.23. The Morgan fingerprint density at radius 2 is 1.63 bits per heavy atom. The molecule has 0 spiro atoms. The number of benzene rings is 2. The lowest BCUT2D eigenvalue weighted by atomic mass is 9.75. The predicted octanol–water partition coefficient (Wildman–Crippen LogP) is 2.20. The Kier molecular flexibility index (Phi) is 5.92. The number of carbonyl (C=O) groups excluding carboxylic acids is 3. The van der Waals surface area contributed by atoms with Crippen LogP contribution in [-0.4, -0.2) is 77.1 Å². The molecule has 182 valence electrons. The topological polar surface area (TPSA) is 116 Å². The van der Waals surface area contributed by atoms with Crippen LogP contribution in [0, 0.1) is 0 Å². The number of amides is 3. The van der Waals surface area contributed by atoms with Gasteiger partial charge in [0.15, 0.2) is 0 Å². The average molecular weight is 478 g/mol. The Morgan fingerprint density at radius 1 is 1.00 bits per heavy atom. The number of carboxylic acids is 1. The average Bonchev–Trinajstić information content (AvgIpc) is 3.14. The number of ether oxygens (including phenoxy) is 1. The number of nitrogens with zero attached hydrogens (tertiary/aromatic N) is 2. The van der Waals surface area contributed by atoms with E-state index in [1.165, 1.54) is 9.80 Å². The van der Waals surface area contributed by atoms with Crippen molar-refractivity contribution >= 4 is 23.9 Å². The van der Waals surface area contributed by atoms with Gasteiger partial charge in [-0.1, -0.05) is 48.5 Å². The summed E-state index contributed by atoms with van der Waals surface area (Å²) in [6.07, 6.45) is 1.07. The first-order valence-electron chi connectivity index (χ1n) is 11.8. The molecular weight excluding hydrogens is 450 g/mol. The fourth-order valence-corrected chi connectivity index (χ4v) is 5.27. The van der Waals surface area contributed by atoms with Crippen molar-refractivity contribution in [1.29, 1.82) is 0 Å². The van der Waals surface area contributed by atoms with Gasteiger partial charge in [0.25, 0.3) is 0 Å². The maximum absolute atomic E-state index is 13.3. The van der Waals surface area contributed by atoms with Gasteiger partial charge in [0.1, 0.15) is 18.7 Å². The molecule has 0 aromatic heterocycles. The second-order valence-corrected chi connectivity index (χ2v) is 9.32. The summed E-state index contributed by atoms with van der Waals surface area (Å²) >= 11 is 0. The second kappa shape index (κ2) is 9.05. The molecule has 0 unspecified atom stereocenters. The molecular formula is C26H27N3O6. The number of rotatable bonds is 6. The molecule has 3 aliphatic rings. The van der Waals surface area contributed by atoms with Crippen LogP contribution in [0.1, 0.15) is 36.3 Å². The highest BCUT2D eigenvalue weighted by molar-refractivity contribution is 5.94. The maximum Gasteiger partial charge on any atom is 0.408 e. The number of aliphatic carboxylic acids is 1. The van der Waals surface area contributed by atoms with E-state index in [4.69, 9.17) is 9.84 Å². The van der Waals surface area contributed by atoms with Gasteiger partial charge in [0, 0.05) is 19.0 Å². The number of hydrogen-bond acceptors (Lipinski definition) is 5. The standard InChI is InChI=1S/C26H27N3O6/c30-22-14-29(13-12-28(22)15-23(31)32)24(33)26(10-5-11-26)27-25(34)35-16-21-19-8-3-1-6-17(19)18-7-2-4-9-20(18)21/h1-4,6-9,21H,5,10-16H2,(H,27,34)(H,31,32). The van der Waals surface area contributed by atoms with Crippen LogP contribution in [0.2, 0.25) is 0 Å². The van der Waals surface area contributed by atoms with Crippen molar-refractivity contribution < 1.29 is 29.0 Å². The second-order valence-electron chi connectivity index (χ2n) is 9.32. The fourth-order valence-electron chi connectivity index (χ4n) is 5.27. The molecule has 1 aliphatic heterocycles. The molecule has 1 heterocycles. The van der Waals surface area contributed by atoms with Gasteiger partial charge in [-0.05, 0) is 41.5 Å². The molecule has 9 heteroatoms. The summed E-state index contributed by atoms with van der Waals surface area (Å²) in [6.45, 7) is -0.0510. The van der Waals surface area contributed by atoms with Crippen molar-refractivity contribution in [2.45, 2.75) is 30.7 Å². The normalized spacial score (nSPS) is 18.3. The van der Waals surface area contributed by atoms with Gasteiger partial charge in [0.2, 0.25) is 11.8 Å². The van der Waals surface area contributed by atoms with Crippen LogP contribution < -0.4 is 5.32 Å². The summed E-state index contributed by atoms with van der Waals surface area (Å²) in [6, 6.07) is 16.1. The van der Waals surface area contributed by atoms with Gasteiger partial charge in [-0.3, -0.25) is 14.4 Å². The summed E-state index contributed by atoms with van der Waals surface area (Å²) in [5.74, 6) is -1.91. The maximum atomic E-state index is 13.3. The molecule has 2 aromatic carbocycles. The third-order valence-electron chi connectivity index (χ3n) is 7.23. The quantitative estimate of drug-likeness (QED) is 0.659. The van der Waals surface area contributed by atoms with Crippen molar-refractivity contribution in [3.8, 4) is 11.1 Å². The van der Waals surface area contributed by atoms with Gasteiger partial charge >= 0.3 is 12.1 Å². The van der Waals surface area contributed by atoms with Crippen molar-refractivity contribution in [2.24, 2.45) is 0 Å². The zero-order chi connectivity index (χ0) is 24.6. The Morgan fingerprint density at radius 3 is 2.17 bits per heavy atom. The molecule has 0 radical (unpaired) electrons. The predicted molar refractivity (Wildman–Crippen MR) is 126 cm³/mol. The van der Waals surface area contributed by atoms with E-state index in [0.29, 0.717) is 12.8 Å². The zero-order valence-corrected chi connectivity index (χ0v) is 19.2. The summed E-state index contributed by atoms with van der Waals surface area (Å²) in [5, 5.41) is 11.7. The Bertz CT molecular complexity index is 1150. The van der Waals surface area contributed by atoms with Gasteiger partial charge in [-0.2, -0.15) is 0 Å². The van der Waals surface area contributed by atoms with Gasteiger partial charge in [-0.15, -0.1) is 0 Å². The lowest BCUT2D eigenvalue weighted by Gasteiger charge is -2.45. The highest BCUT2D eigenvalue weighted by Crippen LogP contribution is 2.44. The highest BCUT2D eigenvalue weighted by Gasteiger charge is 2.49. The Balaban J connectivity index is 1.22. The van der Waals surface area contributed by atoms with E-state index in [1.807, 2.05) is 36.4 Å². The monoisotopic (exact) mass is 477 g/mol. The summed E-state index contributed by atoms with van der Waals surface area (Å²) in [5.41, 5.74) is 3.39. The first-order chi connectivity index (χ1) is 16.9. The number of nitrogens with one attached hydrogen (secondary N) is 1. The van der Waals surface area contributed by atoms with Crippen LogP contribution in [0.4, 0.5) is 4.79 Å². The molecule has 1 saturated heterocycles. The van der Waals surface area contributed by atoms with Gasteiger partial charge < -0.3 is 25.0 Å². The Hall–Kier alpha value is -3.88. The number of alkyl carbamates (subject to hydrolysis) is 1. The molecule has 1 saturated carbocycles. The third kappa shape index (κ3) is 4.22. The molecule has 3 amide bonds. The minimum absolute atomic E-state index is 0.0823. The molecule has 9 nitrogen and oxygen atoms in total. The van der Waals surface area contributed by atoms with Crippen molar-refractivity contribution in [1.82, 2.24) is 15.1 Å². The first kappa shape index (κ1) is 22.9. The molecule has 0 bridgehead atoms. The molecule has 2 aliphatic carbocycles. The first-order valence-corrected chi connectivity index (χ1v) is 11.8. The van der Waals surface area contributed by atoms with Crippen LogP contribution in [0.25, 0.3) is 11.1 Å².